The molecular weight excluding hydrogens is 330 g/mol. The number of carboxylic acids is 1. The van der Waals surface area contributed by atoms with E-state index in [4.69, 9.17) is 0 Å². The first-order valence-corrected chi connectivity index (χ1v) is 8.08. The SMILES string of the molecule is O=C(O)c1c2ccccc2c2ccc3c([N+](=O)[O-])ccc4ccc1c2c43. The van der Waals surface area contributed by atoms with Gasteiger partial charge in [0.15, 0.2) is 0 Å². The molecule has 5 aromatic carbocycles. The quantitative estimate of drug-likeness (QED) is 0.203. The smallest absolute Gasteiger partial charge is 0.336 e. The standard InChI is InChI=1S/C21H11NO4/c23-21(24)20-13-4-2-1-3-12(13)14-8-9-15-17(22(25)26)10-6-11-5-7-16(20)19(14)18(11)15/h1-10H,(H,23,24). The highest BCUT2D eigenvalue weighted by Crippen LogP contribution is 2.43. The minimum absolute atomic E-state index is 0.0249. The van der Waals surface area contributed by atoms with E-state index in [1.807, 2.05) is 30.3 Å². The Hall–Kier alpha value is -3.73. The Morgan fingerprint density at radius 1 is 0.769 bits per heavy atom. The third kappa shape index (κ3) is 1.71. The number of hydrogen-bond donors (Lipinski definition) is 1. The fourth-order valence-corrected chi connectivity index (χ4v) is 4.04. The summed E-state index contributed by atoms with van der Waals surface area (Å²) in [6.07, 6.45) is 0. The molecule has 5 aromatic rings. The van der Waals surface area contributed by atoms with Gasteiger partial charge in [0.2, 0.25) is 0 Å². The number of carbonyl (C=O) groups is 1. The van der Waals surface area contributed by atoms with E-state index < -0.39 is 10.9 Å². The molecule has 0 unspecified atom stereocenters. The number of nitrogens with zero attached hydrogens (tertiary/aromatic N) is 1. The first-order chi connectivity index (χ1) is 12.6. The Balaban J connectivity index is 2.18. The van der Waals surface area contributed by atoms with Crippen molar-refractivity contribution >= 4 is 54.7 Å². The summed E-state index contributed by atoms with van der Waals surface area (Å²) >= 11 is 0. The van der Waals surface area contributed by atoms with Gasteiger partial charge < -0.3 is 5.11 Å². The molecule has 0 aliphatic heterocycles. The van der Waals surface area contributed by atoms with Crippen molar-refractivity contribution in [2.24, 2.45) is 0 Å². The summed E-state index contributed by atoms with van der Waals surface area (Å²) in [5.41, 5.74) is 0.255. The Labute approximate surface area is 146 Å². The molecule has 0 atom stereocenters. The van der Waals surface area contributed by atoms with E-state index in [2.05, 4.69) is 0 Å². The van der Waals surface area contributed by atoms with Crippen LogP contribution in [0.25, 0.3) is 43.1 Å². The Morgan fingerprint density at radius 2 is 1.42 bits per heavy atom. The van der Waals surface area contributed by atoms with Crippen LogP contribution >= 0.6 is 0 Å². The van der Waals surface area contributed by atoms with Crippen LogP contribution in [0.3, 0.4) is 0 Å². The molecule has 0 saturated heterocycles. The van der Waals surface area contributed by atoms with E-state index in [-0.39, 0.29) is 11.3 Å². The van der Waals surface area contributed by atoms with E-state index in [1.165, 1.54) is 6.07 Å². The van der Waals surface area contributed by atoms with E-state index >= 15 is 0 Å². The molecule has 0 bridgehead atoms. The van der Waals surface area contributed by atoms with Crippen LogP contribution in [0.1, 0.15) is 10.4 Å². The molecule has 0 radical (unpaired) electrons. The minimum Gasteiger partial charge on any atom is -0.478 e. The lowest BCUT2D eigenvalue weighted by atomic mass is 9.87. The molecule has 26 heavy (non-hydrogen) atoms. The number of rotatable bonds is 2. The van der Waals surface area contributed by atoms with Gasteiger partial charge in [-0.2, -0.15) is 0 Å². The van der Waals surface area contributed by atoms with E-state index in [0.717, 1.165) is 26.9 Å². The van der Waals surface area contributed by atoms with Crippen LogP contribution in [0.5, 0.6) is 0 Å². The van der Waals surface area contributed by atoms with Crippen LogP contribution in [-0.2, 0) is 0 Å². The Bertz CT molecular complexity index is 1390. The highest BCUT2D eigenvalue weighted by molar-refractivity contribution is 6.34. The molecule has 5 rings (SSSR count). The lowest BCUT2D eigenvalue weighted by Gasteiger charge is -2.15. The maximum Gasteiger partial charge on any atom is 0.336 e. The van der Waals surface area contributed by atoms with Gasteiger partial charge in [-0.15, -0.1) is 0 Å². The third-order valence-corrected chi connectivity index (χ3v) is 5.06. The zero-order chi connectivity index (χ0) is 18.0. The van der Waals surface area contributed by atoms with E-state index in [9.17, 15) is 20.0 Å². The van der Waals surface area contributed by atoms with Gasteiger partial charge in [0.25, 0.3) is 5.69 Å². The van der Waals surface area contributed by atoms with Crippen molar-refractivity contribution in [1.29, 1.82) is 0 Å². The molecule has 0 fully saturated rings. The first kappa shape index (κ1) is 14.6. The number of hydrogen-bond acceptors (Lipinski definition) is 3. The number of non-ortho nitro benzene ring substituents is 1. The van der Waals surface area contributed by atoms with Crippen LogP contribution in [0, 0.1) is 10.1 Å². The molecule has 0 heterocycles. The van der Waals surface area contributed by atoms with Crippen LogP contribution in [-0.4, -0.2) is 16.0 Å². The lowest BCUT2D eigenvalue weighted by Crippen LogP contribution is -2.01. The average molecular weight is 341 g/mol. The van der Waals surface area contributed by atoms with Gasteiger partial charge in [0.1, 0.15) is 0 Å². The Morgan fingerprint density at radius 3 is 2.15 bits per heavy atom. The topological polar surface area (TPSA) is 80.4 Å². The van der Waals surface area contributed by atoms with Crippen LogP contribution in [0.4, 0.5) is 5.69 Å². The van der Waals surface area contributed by atoms with Crippen molar-refractivity contribution < 1.29 is 14.8 Å². The predicted octanol–water partition coefficient (Wildman–Crippen LogP) is 5.34. The molecule has 5 nitrogen and oxygen atoms in total. The third-order valence-electron chi connectivity index (χ3n) is 5.06. The molecule has 124 valence electrons. The molecule has 5 heteroatoms. The molecular formula is C21H11NO4. The fraction of sp³-hybridized carbons (Fsp3) is 0. The van der Waals surface area contributed by atoms with Gasteiger partial charge in [-0.05, 0) is 44.5 Å². The molecule has 0 aromatic heterocycles. The van der Waals surface area contributed by atoms with Crippen molar-refractivity contribution in [1.82, 2.24) is 0 Å². The van der Waals surface area contributed by atoms with Gasteiger partial charge in [-0.1, -0.05) is 42.5 Å². The van der Waals surface area contributed by atoms with Crippen molar-refractivity contribution in [3.8, 4) is 0 Å². The molecule has 0 aliphatic rings. The summed E-state index contributed by atoms with van der Waals surface area (Å²) in [6, 6.07) is 17.8. The highest BCUT2D eigenvalue weighted by Gasteiger charge is 2.22. The summed E-state index contributed by atoms with van der Waals surface area (Å²) < 4.78 is 0. The van der Waals surface area contributed by atoms with Gasteiger partial charge in [0.05, 0.1) is 15.9 Å². The van der Waals surface area contributed by atoms with E-state index in [0.29, 0.717) is 16.2 Å². The average Bonchev–Trinajstić information content (AvgIpc) is 2.64. The van der Waals surface area contributed by atoms with Crippen LogP contribution in [0.2, 0.25) is 0 Å². The fourth-order valence-electron chi connectivity index (χ4n) is 4.04. The lowest BCUT2D eigenvalue weighted by molar-refractivity contribution is -0.383. The molecule has 0 aliphatic carbocycles. The predicted molar refractivity (Wildman–Crippen MR) is 101 cm³/mol. The number of nitro groups is 1. The number of benzene rings is 5. The normalized spacial score (nSPS) is 11.7. The minimum atomic E-state index is -1.01. The maximum absolute atomic E-state index is 12.0. The molecule has 0 saturated carbocycles. The van der Waals surface area contributed by atoms with Crippen molar-refractivity contribution in [3.05, 3.63) is 76.3 Å². The van der Waals surface area contributed by atoms with Crippen molar-refractivity contribution in [2.45, 2.75) is 0 Å². The summed E-state index contributed by atoms with van der Waals surface area (Å²) in [4.78, 5) is 23.1. The summed E-state index contributed by atoms with van der Waals surface area (Å²) in [5.74, 6) is -1.01. The number of nitro benzene ring substituents is 1. The Kier molecular flexibility index (Phi) is 2.75. The summed E-state index contributed by atoms with van der Waals surface area (Å²) in [5, 5.41) is 27.2. The first-order valence-electron chi connectivity index (χ1n) is 8.08. The monoisotopic (exact) mass is 341 g/mol. The highest BCUT2D eigenvalue weighted by atomic mass is 16.6. The zero-order valence-electron chi connectivity index (χ0n) is 13.4. The number of fused-ring (bicyclic) bond motifs is 2. The molecule has 0 amide bonds. The largest absolute Gasteiger partial charge is 0.478 e. The van der Waals surface area contributed by atoms with Crippen molar-refractivity contribution in [3.63, 3.8) is 0 Å². The summed E-state index contributed by atoms with van der Waals surface area (Å²) in [6.45, 7) is 0. The van der Waals surface area contributed by atoms with Crippen LogP contribution < -0.4 is 0 Å². The van der Waals surface area contributed by atoms with Crippen molar-refractivity contribution in [2.75, 3.05) is 0 Å². The van der Waals surface area contributed by atoms with Gasteiger partial charge in [0, 0.05) is 11.5 Å². The molecule has 1 N–H and O–H groups in total. The van der Waals surface area contributed by atoms with Crippen LogP contribution in [0.15, 0.2) is 60.7 Å². The van der Waals surface area contributed by atoms with Gasteiger partial charge in [-0.3, -0.25) is 10.1 Å². The molecule has 0 spiro atoms. The van der Waals surface area contributed by atoms with Gasteiger partial charge >= 0.3 is 5.97 Å². The second-order valence-electron chi connectivity index (χ2n) is 6.31. The number of carboxylic acid groups (broad SMARTS) is 1. The maximum atomic E-state index is 12.0. The zero-order valence-corrected chi connectivity index (χ0v) is 13.4. The second kappa shape index (κ2) is 4.89. The number of aromatic carboxylic acids is 1. The second-order valence-corrected chi connectivity index (χ2v) is 6.31. The van der Waals surface area contributed by atoms with Gasteiger partial charge in [-0.25, -0.2) is 4.79 Å². The summed E-state index contributed by atoms with van der Waals surface area (Å²) in [7, 11) is 0. The van der Waals surface area contributed by atoms with E-state index in [1.54, 1.807) is 24.3 Å².